The molecule has 0 saturated heterocycles. The normalized spacial score (nSPS) is 24.0. The van der Waals surface area contributed by atoms with Crippen LogP contribution in [0, 0.1) is 25.7 Å². The van der Waals surface area contributed by atoms with Crippen LogP contribution in [-0.2, 0) is 0 Å². The summed E-state index contributed by atoms with van der Waals surface area (Å²) in [6.07, 6.45) is 4.37. The zero-order valence-corrected chi connectivity index (χ0v) is 12.2. The van der Waals surface area contributed by atoms with Gasteiger partial charge in [0.15, 0.2) is 5.78 Å². The van der Waals surface area contributed by atoms with Gasteiger partial charge in [-0.2, -0.15) is 0 Å². The molecule has 0 aromatic heterocycles. The monoisotopic (exact) mass is 264 g/mol. The highest BCUT2D eigenvalue weighted by Gasteiger charge is 2.26. The van der Waals surface area contributed by atoms with Crippen molar-refractivity contribution in [3.63, 3.8) is 0 Å². The minimum absolute atomic E-state index is 0.181. The van der Waals surface area contributed by atoms with E-state index in [1.165, 1.54) is 12.8 Å². The van der Waals surface area contributed by atoms with Gasteiger partial charge in [0.25, 0.3) is 0 Å². The topological polar surface area (TPSA) is 17.1 Å². The Balaban J connectivity index is 2.21. The van der Waals surface area contributed by atoms with Gasteiger partial charge in [0.2, 0.25) is 0 Å². The van der Waals surface area contributed by atoms with E-state index >= 15 is 0 Å². The predicted molar refractivity (Wildman–Crippen MR) is 76.4 cm³/mol. The van der Waals surface area contributed by atoms with Gasteiger partial charge < -0.3 is 0 Å². The summed E-state index contributed by atoms with van der Waals surface area (Å²) in [7, 11) is 0. The Labute approximate surface area is 115 Å². The van der Waals surface area contributed by atoms with E-state index in [2.05, 4.69) is 6.92 Å². The van der Waals surface area contributed by atoms with Gasteiger partial charge in [0.05, 0.1) is 5.02 Å². The summed E-state index contributed by atoms with van der Waals surface area (Å²) >= 11 is 6.22. The molecular formula is C16H21ClO. The zero-order valence-electron chi connectivity index (χ0n) is 11.4. The minimum atomic E-state index is 0.181. The number of hydrogen-bond donors (Lipinski definition) is 0. The van der Waals surface area contributed by atoms with Gasteiger partial charge in [-0.25, -0.2) is 0 Å². The Bertz CT molecular complexity index is 456. The lowest BCUT2D eigenvalue weighted by Crippen LogP contribution is -2.21. The Kier molecular flexibility index (Phi) is 4.11. The molecule has 98 valence electrons. The Morgan fingerprint density at radius 2 is 1.67 bits per heavy atom. The highest BCUT2D eigenvalue weighted by Crippen LogP contribution is 2.32. The van der Waals surface area contributed by atoms with Crippen LogP contribution in [0.1, 0.15) is 54.1 Å². The maximum Gasteiger partial charge on any atom is 0.167 e. The average Bonchev–Trinajstić information content (AvgIpc) is 2.34. The van der Waals surface area contributed by atoms with Crippen molar-refractivity contribution in [1.29, 1.82) is 0 Å². The number of carbonyl (C=O) groups excluding carboxylic acids is 1. The third-order valence-electron chi connectivity index (χ3n) is 4.24. The number of hydrogen-bond acceptors (Lipinski definition) is 1. The van der Waals surface area contributed by atoms with Gasteiger partial charge in [0.1, 0.15) is 0 Å². The third-order valence-corrected chi connectivity index (χ3v) is 4.55. The molecule has 1 aliphatic carbocycles. The van der Waals surface area contributed by atoms with Crippen LogP contribution in [0.5, 0.6) is 0 Å². The van der Waals surface area contributed by atoms with E-state index < -0.39 is 0 Å². The second kappa shape index (κ2) is 5.44. The van der Waals surface area contributed by atoms with Crippen LogP contribution >= 0.6 is 11.6 Å². The van der Waals surface area contributed by atoms with Crippen LogP contribution in [0.3, 0.4) is 0 Å². The summed E-state index contributed by atoms with van der Waals surface area (Å²) in [5.74, 6) is 1.19. The molecule has 2 heteroatoms. The lowest BCUT2D eigenvalue weighted by Gasteiger charge is -2.25. The van der Waals surface area contributed by atoms with Crippen molar-refractivity contribution in [2.24, 2.45) is 11.8 Å². The number of carbonyl (C=O) groups is 1. The van der Waals surface area contributed by atoms with Crippen LogP contribution in [0.15, 0.2) is 12.1 Å². The maximum absolute atomic E-state index is 12.5. The molecule has 0 heterocycles. The molecule has 0 amide bonds. The van der Waals surface area contributed by atoms with Crippen LogP contribution in [0.25, 0.3) is 0 Å². The van der Waals surface area contributed by atoms with Gasteiger partial charge in [-0.05, 0) is 55.9 Å². The number of benzene rings is 1. The Morgan fingerprint density at radius 1 is 1.11 bits per heavy atom. The maximum atomic E-state index is 12.5. The van der Waals surface area contributed by atoms with Crippen molar-refractivity contribution in [3.05, 3.63) is 33.8 Å². The second-order valence-electron chi connectivity index (χ2n) is 5.74. The molecule has 1 aromatic carbocycles. The lowest BCUT2D eigenvalue weighted by atomic mass is 9.79. The van der Waals surface area contributed by atoms with Crippen LogP contribution < -0.4 is 0 Å². The number of aryl methyl sites for hydroxylation is 2. The quantitative estimate of drug-likeness (QED) is 0.690. The highest BCUT2D eigenvalue weighted by atomic mass is 35.5. The molecular weight excluding hydrogens is 244 g/mol. The van der Waals surface area contributed by atoms with Crippen molar-refractivity contribution in [1.82, 2.24) is 0 Å². The van der Waals surface area contributed by atoms with Gasteiger partial charge in [0, 0.05) is 11.5 Å². The van der Waals surface area contributed by atoms with Gasteiger partial charge in [-0.15, -0.1) is 0 Å². The van der Waals surface area contributed by atoms with Crippen molar-refractivity contribution >= 4 is 17.4 Å². The molecule has 0 unspecified atom stereocenters. The SMILES string of the molecule is Cc1cc(Cl)c(C(=O)C2CCC(C)CC2)cc1C. The number of halogens is 1. The zero-order chi connectivity index (χ0) is 13.3. The van der Waals surface area contributed by atoms with Crippen molar-refractivity contribution in [2.75, 3.05) is 0 Å². The first-order valence-corrected chi connectivity index (χ1v) is 7.17. The number of Topliss-reactive ketones (excluding diaryl/α,β-unsaturated/α-hetero) is 1. The van der Waals surface area contributed by atoms with Gasteiger partial charge in [-0.1, -0.05) is 31.4 Å². The Morgan fingerprint density at radius 3 is 2.28 bits per heavy atom. The molecule has 1 aromatic rings. The van der Waals surface area contributed by atoms with E-state index in [0.717, 1.165) is 35.4 Å². The van der Waals surface area contributed by atoms with Gasteiger partial charge >= 0.3 is 0 Å². The fourth-order valence-corrected chi connectivity index (χ4v) is 3.02. The number of rotatable bonds is 2. The summed E-state index contributed by atoms with van der Waals surface area (Å²) in [5, 5.41) is 0.613. The molecule has 0 radical (unpaired) electrons. The van der Waals surface area contributed by atoms with E-state index in [4.69, 9.17) is 11.6 Å². The first-order valence-electron chi connectivity index (χ1n) is 6.80. The molecule has 0 spiro atoms. The highest BCUT2D eigenvalue weighted by molar-refractivity contribution is 6.34. The lowest BCUT2D eigenvalue weighted by molar-refractivity contribution is 0.0876. The van der Waals surface area contributed by atoms with Crippen molar-refractivity contribution in [3.8, 4) is 0 Å². The average molecular weight is 265 g/mol. The van der Waals surface area contributed by atoms with Crippen LogP contribution in [-0.4, -0.2) is 5.78 Å². The molecule has 2 rings (SSSR count). The van der Waals surface area contributed by atoms with Crippen molar-refractivity contribution in [2.45, 2.75) is 46.5 Å². The smallest absolute Gasteiger partial charge is 0.167 e. The summed E-state index contributed by atoms with van der Waals surface area (Å²) in [6, 6.07) is 3.87. The standard InChI is InChI=1S/C16H21ClO/c1-10-4-6-13(7-5-10)16(18)14-8-11(2)12(3)9-15(14)17/h8-10,13H,4-7H2,1-3H3. The minimum Gasteiger partial charge on any atom is -0.294 e. The van der Waals surface area contributed by atoms with E-state index in [-0.39, 0.29) is 11.7 Å². The summed E-state index contributed by atoms with van der Waals surface area (Å²) < 4.78 is 0. The summed E-state index contributed by atoms with van der Waals surface area (Å²) in [4.78, 5) is 12.5. The first kappa shape index (κ1) is 13.6. The predicted octanol–water partition coefficient (Wildman–Crippen LogP) is 4.97. The van der Waals surface area contributed by atoms with E-state index in [9.17, 15) is 4.79 Å². The van der Waals surface area contributed by atoms with Crippen molar-refractivity contribution < 1.29 is 4.79 Å². The fraction of sp³-hybridized carbons (Fsp3) is 0.562. The molecule has 0 aliphatic heterocycles. The molecule has 1 nitrogen and oxygen atoms in total. The molecule has 1 saturated carbocycles. The molecule has 0 bridgehead atoms. The molecule has 1 fully saturated rings. The summed E-state index contributed by atoms with van der Waals surface area (Å²) in [6.45, 7) is 6.33. The largest absolute Gasteiger partial charge is 0.294 e. The van der Waals surface area contributed by atoms with Crippen LogP contribution in [0.4, 0.5) is 0 Å². The summed E-state index contributed by atoms with van der Waals surface area (Å²) in [5.41, 5.74) is 3.01. The van der Waals surface area contributed by atoms with Gasteiger partial charge in [-0.3, -0.25) is 4.79 Å². The van der Waals surface area contributed by atoms with E-state index in [0.29, 0.717) is 5.02 Å². The third kappa shape index (κ3) is 2.77. The fourth-order valence-electron chi connectivity index (χ4n) is 2.71. The van der Waals surface area contributed by atoms with Crippen LogP contribution in [0.2, 0.25) is 5.02 Å². The molecule has 0 N–H and O–H groups in total. The number of ketones is 1. The second-order valence-corrected chi connectivity index (χ2v) is 6.14. The first-order chi connectivity index (χ1) is 8.49. The molecule has 1 aliphatic rings. The molecule has 0 atom stereocenters. The van der Waals surface area contributed by atoms with E-state index in [1.54, 1.807) is 0 Å². The Hall–Kier alpha value is -0.820. The molecule has 18 heavy (non-hydrogen) atoms. The van der Waals surface area contributed by atoms with E-state index in [1.807, 2.05) is 26.0 Å².